The standard InChI is InChI=1S/C27H18ClN3O5S/c1-13-10-20-17(12-15(13)28)30-27(37-20)31-22(16-7-3-4-9-29-16)21(24(33)26(31)34)23(32)19-11-14-6-5-8-18(35-2)25(14)36-19/h3-12,22,33H,1-2H3. The molecule has 0 aliphatic carbocycles. The summed E-state index contributed by atoms with van der Waals surface area (Å²) in [6.45, 7) is 1.88. The van der Waals surface area contributed by atoms with Crippen LogP contribution in [-0.2, 0) is 4.79 Å². The number of thiazole rings is 1. The van der Waals surface area contributed by atoms with E-state index in [2.05, 4.69) is 9.97 Å². The Bertz CT molecular complexity index is 1720. The van der Waals surface area contributed by atoms with E-state index in [4.69, 9.17) is 20.8 Å². The lowest BCUT2D eigenvalue weighted by molar-refractivity contribution is -0.117. The van der Waals surface area contributed by atoms with Gasteiger partial charge in [-0.3, -0.25) is 19.5 Å². The maximum Gasteiger partial charge on any atom is 0.296 e. The van der Waals surface area contributed by atoms with E-state index in [9.17, 15) is 14.7 Å². The molecule has 2 aromatic carbocycles. The summed E-state index contributed by atoms with van der Waals surface area (Å²) in [5.74, 6) is -1.65. The van der Waals surface area contributed by atoms with Crippen LogP contribution < -0.4 is 9.64 Å². The van der Waals surface area contributed by atoms with E-state index in [1.165, 1.54) is 23.3 Å². The lowest BCUT2D eigenvalue weighted by Gasteiger charge is -2.23. The normalized spacial score (nSPS) is 15.8. The van der Waals surface area contributed by atoms with Crippen molar-refractivity contribution in [2.24, 2.45) is 0 Å². The maximum absolute atomic E-state index is 13.8. The van der Waals surface area contributed by atoms with Crippen LogP contribution in [0.2, 0.25) is 5.02 Å². The molecular weight excluding hydrogens is 514 g/mol. The van der Waals surface area contributed by atoms with Crippen molar-refractivity contribution in [1.82, 2.24) is 9.97 Å². The third-order valence-electron chi connectivity index (χ3n) is 6.24. The van der Waals surface area contributed by atoms with Crippen molar-refractivity contribution in [3.8, 4) is 5.75 Å². The molecule has 1 amide bonds. The van der Waals surface area contributed by atoms with E-state index < -0.39 is 23.5 Å². The fraction of sp³-hybridized carbons (Fsp3) is 0.111. The summed E-state index contributed by atoms with van der Waals surface area (Å²) in [6.07, 6.45) is 1.56. The number of methoxy groups -OCH3 is 1. The van der Waals surface area contributed by atoms with Crippen molar-refractivity contribution >= 4 is 60.9 Å². The van der Waals surface area contributed by atoms with Gasteiger partial charge in [0.25, 0.3) is 5.91 Å². The van der Waals surface area contributed by atoms with E-state index in [1.54, 1.807) is 54.7 Å². The molecular formula is C27H18ClN3O5S. The number of halogens is 1. The number of aryl methyl sites for hydroxylation is 1. The number of rotatable bonds is 5. The van der Waals surface area contributed by atoms with Crippen LogP contribution in [0.1, 0.15) is 27.9 Å². The monoisotopic (exact) mass is 531 g/mol. The molecule has 184 valence electrons. The van der Waals surface area contributed by atoms with Crippen LogP contribution in [0.15, 0.2) is 76.5 Å². The molecule has 1 aliphatic rings. The Kier molecular flexibility index (Phi) is 5.47. The van der Waals surface area contributed by atoms with E-state index in [-0.39, 0.29) is 11.3 Å². The summed E-state index contributed by atoms with van der Waals surface area (Å²) in [6, 6.07) is 14.6. The second-order valence-corrected chi connectivity index (χ2v) is 9.89. The van der Waals surface area contributed by atoms with Gasteiger partial charge in [0.1, 0.15) is 6.04 Å². The molecule has 37 heavy (non-hydrogen) atoms. The number of Topliss-reactive ketones (excluding diaryl/α,β-unsaturated/α-hetero) is 1. The Morgan fingerprint density at radius 2 is 2.03 bits per heavy atom. The van der Waals surface area contributed by atoms with Gasteiger partial charge >= 0.3 is 0 Å². The molecule has 0 spiro atoms. The number of benzene rings is 2. The van der Waals surface area contributed by atoms with Crippen molar-refractivity contribution in [3.05, 3.63) is 94.2 Å². The number of anilines is 1. The first-order valence-corrected chi connectivity index (χ1v) is 12.4. The zero-order valence-corrected chi connectivity index (χ0v) is 21.1. The highest BCUT2D eigenvalue weighted by Gasteiger charge is 2.47. The number of hydrogen-bond acceptors (Lipinski definition) is 8. The minimum Gasteiger partial charge on any atom is -0.503 e. The molecule has 1 N–H and O–H groups in total. The van der Waals surface area contributed by atoms with Crippen LogP contribution in [0, 0.1) is 6.92 Å². The minimum atomic E-state index is -1.02. The SMILES string of the molecule is COc1cccc2cc(C(=O)C3=C(O)C(=O)N(c4nc5cc(Cl)c(C)cc5s4)C3c3ccccn3)oc12. The molecule has 10 heteroatoms. The number of ketones is 1. The Morgan fingerprint density at radius 1 is 1.19 bits per heavy atom. The highest BCUT2D eigenvalue weighted by Crippen LogP contribution is 2.44. The molecule has 5 aromatic rings. The predicted octanol–water partition coefficient (Wildman–Crippen LogP) is 6.19. The maximum atomic E-state index is 13.8. The van der Waals surface area contributed by atoms with Crippen molar-refractivity contribution in [2.45, 2.75) is 13.0 Å². The molecule has 1 unspecified atom stereocenters. The van der Waals surface area contributed by atoms with E-state index in [0.717, 1.165) is 10.3 Å². The van der Waals surface area contributed by atoms with Gasteiger partial charge in [-0.05, 0) is 48.9 Å². The average Bonchev–Trinajstić information content (AvgIpc) is 3.58. The number of nitrogens with zero attached hydrogens (tertiary/aromatic N) is 3. The van der Waals surface area contributed by atoms with E-state index in [1.807, 2.05) is 13.0 Å². The molecule has 0 radical (unpaired) electrons. The van der Waals surface area contributed by atoms with Crippen LogP contribution in [0.5, 0.6) is 5.75 Å². The Balaban J connectivity index is 1.50. The summed E-state index contributed by atoms with van der Waals surface area (Å²) in [5, 5.41) is 12.5. The Morgan fingerprint density at radius 3 is 2.78 bits per heavy atom. The number of para-hydroxylation sites is 1. The first-order valence-electron chi connectivity index (χ1n) is 11.2. The number of carbonyl (C=O) groups excluding carboxylic acids is 2. The number of hydrogen-bond donors (Lipinski definition) is 1. The number of amides is 1. The number of aliphatic hydroxyl groups is 1. The second kappa shape index (κ2) is 8.72. The van der Waals surface area contributed by atoms with Crippen molar-refractivity contribution in [1.29, 1.82) is 0 Å². The average molecular weight is 532 g/mol. The molecule has 6 rings (SSSR count). The van der Waals surface area contributed by atoms with Crippen molar-refractivity contribution < 1.29 is 23.8 Å². The fourth-order valence-electron chi connectivity index (χ4n) is 4.43. The molecule has 0 bridgehead atoms. The van der Waals surface area contributed by atoms with Gasteiger partial charge in [0.05, 0.1) is 28.6 Å². The number of aliphatic hydroxyl groups excluding tert-OH is 1. The summed E-state index contributed by atoms with van der Waals surface area (Å²) < 4.78 is 12.0. The van der Waals surface area contributed by atoms with Crippen LogP contribution >= 0.6 is 22.9 Å². The van der Waals surface area contributed by atoms with Crippen LogP contribution in [0.25, 0.3) is 21.2 Å². The van der Waals surface area contributed by atoms with E-state index in [0.29, 0.717) is 38.1 Å². The third kappa shape index (κ3) is 3.66. The van der Waals surface area contributed by atoms with Gasteiger partial charge < -0.3 is 14.3 Å². The highest BCUT2D eigenvalue weighted by atomic mass is 35.5. The number of ether oxygens (including phenoxy) is 1. The van der Waals surface area contributed by atoms with E-state index >= 15 is 0 Å². The minimum absolute atomic E-state index is 0.0386. The van der Waals surface area contributed by atoms with Crippen LogP contribution in [0.4, 0.5) is 5.13 Å². The van der Waals surface area contributed by atoms with Crippen molar-refractivity contribution in [2.75, 3.05) is 12.0 Å². The second-order valence-electron chi connectivity index (χ2n) is 8.48. The van der Waals surface area contributed by atoms with Gasteiger partial charge in [0.2, 0.25) is 5.78 Å². The molecule has 0 saturated heterocycles. The Hall–Kier alpha value is -4.21. The number of carbonyl (C=O) groups is 2. The summed E-state index contributed by atoms with van der Waals surface area (Å²) in [7, 11) is 1.50. The first kappa shape index (κ1) is 23.2. The van der Waals surface area contributed by atoms with Crippen LogP contribution in [-0.4, -0.2) is 33.9 Å². The van der Waals surface area contributed by atoms with Gasteiger partial charge in [-0.1, -0.05) is 41.1 Å². The zero-order valence-electron chi connectivity index (χ0n) is 19.6. The quantitative estimate of drug-likeness (QED) is 0.269. The predicted molar refractivity (Wildman–Crippen MR) is 141 cm³/mol. The lowest BCUT2D eigenvalue weighted by atomic mass is 9.98. The van der Waals surface area contributed by atoms with Gasteiger partial charge in [-0.15, -0.1) is 0 Å². The Labute approximate surface area is 219 Å². The fourth-order valence-corrected chi connectivity index (χ4v) is 5.66. The topological polar surface area (TPSA) is 106 Å². The zero-order chi connectivity index (χ0) is 25.8. The van der Waals surface area contributed by atoms with Gasteiger partial charge in [0.15, 0.2) is 28.0 Å². The third-order valence-corrected chi connectivity index (χ3v) is 7.66. The largest absolute Gasteiger partial charge is 0.503 e. The smallest absolute Gasteiger partial charge is 0.296 e. The highest BCUT2D eigenvalue weighted by molar-refractivity contribution is 7.22. The molecule has 3 aromatic heterocycles. The molecule has 0 fully saturated rings. The van der Waals surface area contributed by atoms with Crippen LogP contribution in [0.3, 0.4) is 0 Å². The number of fused-ring (bicyclic) bond motifs is 2. The molecule has 1 aliphatic heterocycles. The molecule has 1 atom stereocenters. The molecule has 0 saturated carbocycles. The van der Waals surface area contributed by atoms with Crippen molar-refractivity contribution in [3.63, 3.8) is 0 Å². The summed E-state index contributed by atoms with van der Waals surface area (Å²) in [4.78, 5) is 37.5. The number of aromatic nitrogens is 2. The number of furan rings is 1. The lowest BCUT2D eigenvalue weighted by Crippen LogP contribution is -2.31. The summed E-state index contributed by atoms with van der Waals surface area (Å²) >= 11 is 7.54. The van der Waals surface area contributed by atoms with Gasteiger partial charge in [-0.25, -0.2) is 4.98 Å². The van der Waals surface area contributed by atoms with Gasteiger partial charge in [0, 0.05) is 16.6 Å². The molecule has 4 heterocycles. The molecule has 8 nitrogen and oxygen atoms in total. The van der Waals surface area contributed by atoms with Gasteiger partial charge in [-0.2, -0.15) is 0 Å². The first-order chi connectivity index (χ1) is 17.9. The summed E-state index contributed by atoms with van der Waals surface area (Å²) in [5.41, 5.74) is 2.12. The number of pyridine rings is 1.